The van der Waals surface area contributed by atoms with Gasteiger partial charge in [0.05, 0.1) is 26.5 Å². The zero-order valence-corrected chi connectivity index (χ0v) is 19.9. The number of hydrogen-bond donors (Lipinski definition) is 3. The molecule has 3 rings (SSSR count). The average molecular weight is 508 g/mol. The highest BCUT2D eigenvalue weighted by atomic mass is 35.5. The van der Waals surface area contributed by atoms with Gasteiger partial charge in [0.25, 0.3) is 0 Å². The Morgan fingerprint density at radius 3 is 2.30 bits per heavy atom. The molecule has 1 atom stereocenters. The van der Waals surface area contributed by atoms with E-state index in [1.165, 1.54) is 24.3 Å². The van der Waals surface area contributed by atoms with Crippen LogP contribution in [0.4, 0.5) is 0 Å². The number of aromatic carboxylic acids is 1. The third-order valence-corrected chi connectivity index (χ3v) is 7.42. The lowest BCUT2D eigenvalue weighted by Crippen LogP contribution is -2.22. The second kappa shape index (κ2) is 11.1. The third kappa shape index (κ3) is 6.56. The fourth-order valence-corrected chi connectivity index (χ4v) is 5.11. The summed E-state index contributed by atoms with van der Waals surface area (Å²) in [6.45, 7) is 1.09. The maximum Gasteiger partial charge on any atom is 0.337 e. The molecular weight excluding hydrogens is 485 g/mol. The van der Waals surface area contributed by atoms with Crippen molar-refractivity contribution in [3.63, 3.8) is 0 Å². The summed E-state index contributed by atoms with van der Waals surface area (Å²) in [5, 5.41) is 22.9. The van der Waals surface area contributed by atoms with Crippen LogP contribution < -0.4 is 5.32 Å². The van der Waals surface area contributed by atoms with E-state index in [1.54, 1.807) is 30.3 Å². The quantitative estimate of drug-likeness (QED) is 0.341. The number of benzene rings is 3. The molecule has 0 aliphatic carbocycles. The van der Waals surface area contributed by atoms with Crippen LogP contribution in [0.3, 0.4) is 0 Å². The van der Waals surface area contributed by atoms with Crippen LogP contribution in [-0.4, -0.2) is 37.7 Å². The lowest BCUT2D eigenvalue weighted by Gasteiger charge is -2.12. The molecule has 174 valence electrons. The first-order valence-electron chi connectivity index (χ1n) is 10.2. The lowest BCUT2D eigenvalue weighted by atomic mass is 10.1. The molecule has 6 nitrogen and oxygen atoms in total. The van der Waals surface area contributed by atoms with Gasteiger partial charge in [-0.2, -0.15) is 0 Å². The minimum Gasteiger partial charge on any atom is -0.478 e. The van der Waals surface area contributed by atoms with Gasteiger partial charge in [0.15, 0.2) is 0 Å². The number of aliphatic hydroxyl groups is 1. The minimum absolute atomic E-state index is 0.0623. The largest absolute Gasteiger partial charge is 0.478 e. The number of sulfone groups is 1. The highest BCUT2D eigenvalue weighted by Gasteiger charge is 2.20. The summed E-state index contributed by atoms with van der Waals surface area (Å²) < 4.78 is 25.7. The summed E-state index contributed by atoms with van der Waals surface area (Å²) in [7, 11) is -3.82. The van der Waals surface area contributed by atoms with Crippen LogP contribution in [-0.2, 0) is 16.3 Å². The number of aliphatic hydroxyl groups excluding tert-OH is 1. The van der Waals surface area contributed by atoms with E-state index in [-0.39, 0.29) is 20.4 Å². The predicted octanol–water partition coefficient (Wildman–Crippen LogP) is 4.78. The van der Waals surface area contributed by atoms with Gasteiger partial charge in [-0.3, -0.25) is 0 Å². The van der Waals surface area contributed by atoms with Crippen LogP contribution >= 0.6 is 23.2 Å². The lowest BCUT2D eigenvalue weighted by molar-refractivity contribution is 0.0697. The van der Waals surface area contributed by atoms with Gasteiger partial charge in [0.1, 0.15) is 0 Å². The highest BCUT2D eigenvalue weighted by Crippen LogP contribution is 2.26. The first kappa shape index (κ1) is 25.2. The minimum atomic E-state index is -3.82. The first-order chi connectivity index (χ1) is 15.7. The van der Waals surface area contributed by atoms with E-state index < -0.39 is 21.9 Å². The number of carboxylic acids is 1. The Bertz CT molecular complexity index is 1230. The average Bonchev–Trinajstić information content (AvgIpc) is 2.78. The summed E-state index contributed by atoms with van der Waals surface area (Å²) in [5.41, 5.74) is 1.58. The van der Waals surface area contributed by atoms with E-state index in [0.29, 0.717) is 18.1 Å². The van der Waals surface area contributed by atoms with Gasteiger partial charge >= 0.3 is 5.97 Å². The number of nitrogens with one attached hydrogen (secondary N) is 1. The molecule has 9 heteroatoms. The molecule has 0 radical (unpaired) electrons. The molecule has 3 N–H and O–H groups in total. The third-order valence-electron chi connectivity index (χ3n) is 5.11. The Labute approximate surface area is 202 Å². The van der Waals surface area contributed by atoms with E-state index in [4.69, 9.17) is 28.3 Å². The van der Waals surface area contributed by atoms with Crippen molar-refractivity contribution >= 4 is 39.0 Å². The molecule has 0 unspecified atom stereocenters. The molecule has 0 aliphatic heterocycles. The van der Waals surface area contributed by atoms with Gasteiger partial charge in [-0.1, -0.05) is 47.5 Å². The SMILES string of the molecule is O=C(O)c1ccc(S(=O)(=O)c2ccc(CCCNC[C@H](O)c3cccc(Cl)c3)cc2)cc1Cl. The number of halogens is 2. The Morgan fingerprint density at radius 2 is 1.67 bits per heavy atom. The summed E-state index contributed by atoms with van der Waals surface area (Å²) in [6.07, 6.45) is 0.895. The van der Waals surface area contributed by atoms with Crippen molar-refractivity contribution in [2.24, 2.45) is 0 Å². The Balaban J connectivity index is 1.52. The molecule has 0 fully saturated rings. The van der Waals surface area contributed by atoms with E-state index in [1.807, 2.05) is 6.07 Å². The monoisotopic (exact) mass is 507 g/mol. The molecule has 0 bridgehead atoms. The van der Waals surface area contributed by atoms with E-state index in [0.717, 1.165) is 30.0 Å². The molecule has 3 aromatic carbocycles. The maximum absolute atomic E-state index is 12.8. The number of hydrogen-bond acceptors (Lipinski definition) is 5. The molecule has 0 saturated carbocycles. The maximum atomic E-state index is 12.8. The van der Waals surface area contributed by atoms with Crippen molar-refractivity contribution in [1.29, 1.82) is 0 Å². The van der Waals surface area contributed by atoms with Crippen LogP contribution in [0.15, 0.2) is 76.5 Å². The number of aryl methyl sites for hydroxylation is 1. The first-order valence-corrected chi connectivity index (χ1v) is 12.4. The fraction of sp³-hybridized carbons (Fsp3) is 0.208. The van der Waals surface area contributed by atoms with Crippen molar-refractivity contribution < 1.29 is 23.4 Å². The van der Waals surface area contributed by atoms with Gasteiger partial charge in [0.2, 0.25) is 9.84 Å². The van der Waals surface area contributed by atoms with E-state index >= 15 is 0 Å². The molecule has 0 aromatic heterocycles. The molecule has 0 amide bonds. The van der Waals surface area contributed by atoms with E-state index in [2.05, 4.69) is 5.32 Å². The van der Waals surface area contributed by atoms with Crippen LogP contribution in [0.25, 0.3) is 0 Å². The van der Waals surface area contributed by atoms with Gasteiger partial charge in [-0.05, 0) is 73.0 Å². The molecule has 0 aliphatic rings. The van der Waals surface area contributed by atoms with Gasteiger partial charge in [-0.15, -0.1) is 0 Å². The molecule has 3 aromatic rings. The van der Waals surface area contributed by atoms with Crippen LogP contribution in [0, 0.1) is 0 Å². The summed E-state index contributed by atoms with van der Waals surface area (Å²) >= 11 is 11.9. The van der Waals surface area contributed by atoms with Gasteiger partial charge in [0, 0.05) is 11.6 Å². The zero-order valence-electron chi connectivity index (χ0n) is 17.5. The Hall–Kier alpha value is -2.42. The molecule has 0 heterocycles. The number of carbonyl (C=O) groups is 1. The molecule has 33 heavy (non-hydrogen) atoms. The van der Waals surface area contributed by atoms with E-state index in [9.17, 15) is 18.3 Å². The van der Waals surface area contributed by atoms with Crippen LogP contribution in [0.1, 0.15) is 34.0 Å². The predicted molar refractivity (Wildman–Crippen MR) is 128 cm³/mol. The highest BCUT2D eigenvalue weighted by molar-refractivity contribution is 7.91. The van der Waals surface area contributed by atoms with Crippen molar-refractivity contribution in [3.8, 4) is 0 Å². The van der Waals surface area contributed by atoms with Crippen LogP contribution in [0.2, 0.25) is 10.0 Å². The zero-order chi connectivity index (χ0) is 24.0. The smallest absolute Gasteiger partial charge is 0.337 e. The standard InChI is InChI=1S/C24H23Cl2NO5S/c25-18-5-1-4-17(13-18)23(28)15-27-12-2-3-16-6-8-19(9-7-16)33(31,32)20-10-11-21(24(29)30)22(26)14-20/h1,4-11,13-14,23,27-28H,2-3,12,15H2,(H,29,30)/t23-/m0/s1. The second-order valence-corrected chi connectivity index (χ2v) is 10.3. The number of rotatable bonds is 10. The Kier molecular flexibility index (Phi) is 8.51. The van der Waals surface area contributed by atoms with Crippen molar-refractivity contribution in [3.05, 3.63) is 93.5 Å². The Morgan fingerprint density at radius 1 is 0.970 bits per heavy atom. The summed E-state index contributed by atoms with van der Waals surface area (Å²) in [5.74, 6) is -1.22. The summed E-state index contributed by atoms with van der Waals surface area (Å²) in [6, 6.07) is 17.2. The van der Waals surface area contributed by atoms with Crippen molar-refractivity contribution in [1.82, 2.24) is 5.32 Å². The van der Waals surface area contributed by atoms with Crippen molar-refractivity contribution in [2.75, 3.05) is 13.1 Å². The molecular formula is C24H23Cl2NO5S. The van der Waals surface area contributed by atoms with Crippen molar-refractivity contribution in [2.45, 2.75) is 28.7 Å². The van der Waals surface area contributed by atoms with Gasteiger partial charge < -0.3 is 15.5 Å². The summed E-state index contributed by atoms with van der Waals surface area (Å²) in [4.78, 5) is 11.1. The molecule has 0 spiro atoms. The topological polar surface area (TPSA) is 104 Å². The second-order valence-electron chi connectivity index (χ2n) is 7.47. The number of carboxylic acid groups (broad SMARTS) is 1. The normalized spacial score (nSPS) is 12.5. The molecule has 0 saturated heterocycles. The van der Waals surface area contributed by atoms with Crippen LogP contribution in [0.5, 0.6) is 0 Å². The van der Waals surface area contributed by atoms with Gasteiger partial charge in [-0.25, -0.2) is 13.2 Å². The fourth-order valence-electron chi connectivity index (χ4n) is 3.30.